The zero-order chi connectivity index (χ0) is 14.6. The van der Waals surface area contributed by atoms with Gasteiger partial charge < -0.3 is 5.32 Å². The first-order chi connectivity index (χ1) is 9.49. The van der Waals surface area contributed by atoms with Crippen molar-refractivity contribution in [1.29, 1.82) is 0 Å². The average molecular weight is 303 g/mol. The Morgan fingerprint density at radius 3 is 2.80 bits per heavy atom. The Bertz CT molecular complexity index is 433. The molecule has 1 aliphatic rings. The minimum atomic E-state index is -4.26. The molecule has 1 N–H and O–H groups in total. The summed E-state index contributed by atoms with van der Waals surface area (Å²) in [6.45, 7) is 2.67. The second-order valence-corrected chi connectivity index (χ2v) is 6.74. The van der Waals surface area contributed by atoms with Crippen molar-refractivity contribution < 1.29 is 13.2 Å². The van der Waals surface area contributed by atoms with Gasteiger partial charge in [-0.15, -0.1) is 0 Å². The maximum Gasteiger partial charge on any atom is 0.416 e. The highest BCUT2D eigenvalue weighted by atomic mass is 32.2. The van der Waals surface area contributed by atoms with Crippen molar-refractivity contribution >= 4 is 11.8 Å². The molecule has 1 fully saturated rings. The molecular weight excluding hydrogens is 283 g/mol. The topological polar surface area (TPSA) is 12.0 Å². The lowest BCUT2D eigenvalue weighted by atomic mass is 10.1. The molecular formula is C15H20F3NS. The van der Waals surface area contributed by atoms with E-state index in [1.54, 1.807) is 6.07 Å². The van der Waals surface area contributed by atoms with Gasteiger partial charge >= 0.3 is 6.18 Å². The summed E-state index contributed by atoms with van der Waals surface area (Å²) in [5.41, 5.74) is 0.133. The normalized spacial score (nSPS) is 23.2. The smallest absolute Gasteiger partial charge is 0.310 e. The predicted octanol–water partition coefficient (Wildman–Crippen LogP) is 4.47. The van der Waals surface area contributed by atoms with E-state index in [2.05, 4.69) is 12.2 Å². The van der Waals surface area contributed by atoms with Crippen molar-refractivity contribution in [3.63, 3.8) is 0 Å². The summed E-state index contributed by atoms with van der Waals surface area (Å²) in [5.74, 6) is 1.13. The molecule has 1 saturated carbocycles. The van der Waals surface area contributed by atoms with Crippen LogP contribution in [-0.2, 0) is 12.7 Å². The van der Waals surface area contributed by atoms with Gasteiger partial charge in [-0.05, 0) is 36.6 Å². The second kappa shape index (κ2) is 6.85. The van der Waals surface area contributed by atoms with Crippen LogP contribution >= 0.6 is 11.8 Å². The molecule has 1 nitrogen and oxygen atoms in total. The Balaban J connectivity index is 1.86. The Kier molecular flexibility index (Phi) is 5.38. The van der Waals surface area contributed by atoms with Gasteiger partial charge in [0.2, 0.25) is 0 Å². The molecule has 0 bridgehead atoms. The molecule has 1 aromatic carbocycles. The lowest BCUT2D eigenvalue weighted by Crippen LogP contribution is -2.26. The van der Waals surface area contributed by atoms with Crippen molar-refractivity contribution in [2.24, 2.45) is 0 Å². The van der Waals surface area contributed by atoms with E-state index in [1.807, 2.05) is 11.8 Å². The van der Waals surface area contributed by atoms with Crippen LogP contribution in [0.15, 0.2) is 24.3 Å². The van der Waals surface area contributed by atoms with Crippen LogP contribution in [-0.4, -0.2) is 17.0 Å². The molecule has 1 aliphatic carbocycles. The third-order valence-corrected chi connectivity index (χ3v) is 4.87. The average Bonchev–Trinajstić information content (AvgIpc) is 2.84. The van der Waals surface area contributed by atoms with Crippen LogP contribution in [0.2, 0.25) is 0 Å². The minimum absolute atomic E-state index is 0.439. The van der Waals surface area contributed by atoms with E-state index in [1.165, 1.54) is 18.6 Å². The highest BCUT2D eigenvalue weighted by molar-refractivity contribution is 7.99. The van der Waals surface area contributed by atoms with Crippen LogP contribution in [0.4, 0.5) is 13.2 Å². The fraction of sp³-hybridized carbons (Fsp3) is 0.600. The molecule has 0 aromatic heterocycles. The van der Waals surface area contributed by atoms with E-state index in [0.717, 1.165) is 24.7 Å². The number of hydrogen-bond acceptors (Lipinski definition) is 2. The standard InChI is InChI=1S/C15H20F3NS/c1-2-20-14-7-6-13(9-14)19-10-11-4-3-5-12(8-11)15(16,17)18/h3-5,8,13-14,19H,2,6-7,9-10H2,1H3. The summed E-state index contributed by atoms with van der Waals surface area (Å²) >= 11 is 1.98. The number of hydrogen-bond donors (Lipinski definition) is 1. The molecule has 5 heteroatoms. The first-order valence-electron chi connectivity index (χ1n) is 7.00. The SMILES string of the molecule is CCSC1CCC(NCc2cccc(C(F)(F)F)c2)C1. The molecule has 0 saturated heterocycles. The third-order valence-electron chi connectivity index (χ3n) is 3.64. The van der Waals surface area contributed by atoms with Crippen LogP contribution in [0, 0.1) is 0 Å². The quantitative estimate of drug-likeness (QED) is 0.861. The van der Waals surface area contributed by atoms with Gasteiger partial charge in [-0.3, -0.25) is 0 Å². The summed E-state index contributed by atoms with van der Waals surface area (Å²) in [6, 6.07) is 6.01. The molecule has 0 spiro atoms. The number of benzene rings is 1. The summed E-state index contributed by atoms with van der Waals surface area (Å²) in [5, 5.41) is 4.09. The summed E-state index contributed by atoms with van der Waals surface area (Å²) in [6.07, 6.45) is -0.806. The number of thioether (sulfide) groups is 1. The molecule has 2 atom stereocenters. The number of nitrogens with one attached hydrogen (secondary N) is 1. The highest BCUT2D eigenvalue weighted by Crippen LogP contribution is 2.31. The third kappa shape index (κ3) is 4.42. The van der Waals surface area contributed by atoms with Gasteiger partial charge in [0.05, 0.1) is 5.56 Å². The van der Waals surface area contributed by atoms with Gasteiger partial charge in [0.25, 0.3) is 0 Å². The van der Waals surface area contributed by atoms with E-state index in [0.29, 0.717) is 23.4 Å². The number of rotatable bonds is 5. The Morgan fingerprint density at radius 2 is 2.10 bits per heavy atom. The van der Waals surface area contributed by atoms with E-state index in [-0.39, 0.29) is 0 Å². The fourth-order valence-electron chi connectivity index (χ4n) is 2.63. The molecule has 2 rings (SSSR count). The molecule has 0 aliphatic heterocycles. The van der Waals surface area contributed by atoms with Crippen LogP contribution in [0.3, 0.4) is 0 Å². The Morgan fingerprint density at radius 1 is 1.30 bits per heavy atom. The van der Waals surface area contributed by atoms with Gasteiger partial charge in [-0.25, -0.2) is 0 Å². The zero-order valence-corrected chi connectivity index (χ0v) is 12.4. The maximum atomic E-state index is 12.6. The highest BCUT2D eigenvalue weighted by Gasteiger charge is 2.30. The van der Waals surface area contributed by atoms with Gasteiger partial charge in [0, 0.05) is 17.8 Å². The van der Waals surface area contributed by atoms with E-state index in [9.17, 15) is 13.2 Å². The van der Waals surface area contributed by atoms with Gasteiger partial charge in [-0.1, -0.05) is 25.1 Å². The molecule has 0 amide bonds. The van der Waals surface area contributed by atoms with Crippen LogP contribution in [0.1, 0.15) is 37.3 Å². The molecule has 2 unspecified atom stereocenters. The molecule has 1 aromatic rings. The molecule has 20 heavy (non-hydrogen) atoms. The molecule has 112 valence electrons. The monoisotopic (exact) mass is 303 g/mol. The van der Waals surface area contributed by atoms with Crippen LogP contribution < -0.4 is 5.32 Å². The minimum Gasteiger partial charge on any atom is -0.310 e. The molecule has 0 heterocycles. The Hall–Kier alpha value is -0.680. The van der Waals surface area contributed by atoms with Gasteiger partial charge in [0.1, 0.15) is 0 Å². The lowest BCUT2D eigenvalue weighted by molar-refractivity contribution is -0.137. The first-order valence-corrected chi connectivity index (χ1v) is 8.05. The van der Waals surface area contributed by atoms with Gasteiger partial charge in [-0.2, -0.15) is 24.9 Å². The van der Waals surface area contributed by atoms with Crippen molar-refractivity contribution in [3.8, 4) is 0 Å². The van der Waals surface area contributed by atoms with Crippen molar-refractivity contribution in [3.05, 3.63) is 35.4 Å². The van der Waals surface area contributed by atoms with Crippen molar-refractivity contribution in [2.45, 2.75) is 50.2 Å². The van der Waals surface area contributed by atoms with E-state index < -0.39 is 11.7 Å². The van der Waals surface area contributed by atoms with Crippen molar-refractivity contribution in [1.82, 2.24) is 5.32 Å². The predicted molar refractivity (Wildman–Crippen MR) is 77.8 cm³/mol. The molecule has 0 radical (unpaired) electrons. The lowest BCUT2D eigenvalue weighted by Gasteiger charge is -2.14. The zero-order valence-electron chi connectivity index (χ0n) is 11.5. The number of halogens is 3. The van der Waals surface area contributed by atoms with Gasteiger partial charge in [0.15, 0.2) is 0 Å². The summed E-state index contributed by atoms with van der Waals surface area (Å²) in [7, 11) is 0. The number of alkyl halides is 3. The van der Waals surface area contributed by atoms with E-state index in [4.69, 9.17) is 0 Å². The fourth-order valence-corrected chi connectivity index (χ4v) is 3.77. The van der Waals surface area contributed by atoms with Crippen LogP contribution in [0.5, 0.6) is 0 Å². The van der Waals surface area contributed by atoms with Crippen LogP contribution in [0.25, 0.3) is 0 Å². The van der Waals surface area contributed by atoms with E-state index >= 15 is 0 Å². The summed E-state index contributed by atoms with van der Waals surface area (Å²) < 4.78 is 37.9. The first kappa shape index (κ1) is 15.7. The second-order valence-electron chi connectivity index (χ2n) is 5.17. The Labute approximate surface area is 122 Å². The summed E-state index contributed by atoms with van der Waals surface area (Å²) in [4.78, 5) is 0. The largest absolute Gasteiger partial charge is 0.416 e. The maximum absolute atomic E-state index is 12.6. The van der Waals surface area contributed by atoms with Crippen molar-refractivity contribution in [2.75, 3.05) is 5.75 Å².